The minimum Gasteiger partial charge on any atom is -0.507 e. The fourth-order valence-electron chi connectivity index (χ4n) is 2.76. The van der Waals surface area contributed by atoms with E-state index in [2.05, 4.69) is 10.9 Å². The third-order valence-electron chi connectivity index (χ3n) is 4.10. The topological polar surface area (TPSA) is 70.2 Å². The molecule has 0 saturated carbocycles. The number of Topliss-reactive ketones (excluding diaryl/α,β-unsaturated/α-hetero) is 1. The van der Waals surface area contributed by atoms with Crippen molar-refractivity contribution in [3.63, 3.8) is 0 Å². The van der Waals surface area contributed by atoms with Crippen LogP contribution < -0.4 is 5.56 Å². The van der Waals surface area contributed by atoms with Gasteiger partial charge in [-0.1, -0.05) is 13.0 Å². The molecule has 0 aliphatic carbocycles. The van der Waals surface area contributed by atoms with E-state index in [0.29, 0.717) is 24.8 Å². The molecule has 25 heavy (non-hydrogen) atoms. The number of halogens is 1. The van der Waals surface area contributed by atoms with E-state index in [4.69, 9.17) is 6.42 Å². The number of hydrogen-bond acceptors (Lipinski definition) is 3. The average molecular weight is 341 g/mol. The van der Waals surface area contributed by atoms with Crippen LogP contribution in [0.3, 0.4) is 0 Å². The van der Waals surface area contributed by atoms with Crippen molar-refractivity contribution in [1.82, 2.24) is 4.98 Å². The number of terminal acetylenes is 1. The molecule has 130 valence electrons. The minimum absolute atomic E-state index is 0.113. The van der Waals surface area contributed by atoms with Gasteiger partial charge in [-0.05, 0) is 36.0 Å². The highest BCUT2D eigenvalue weighted by Crippen LogP contribution is 2.26. The van der Waals surface area contributed by atoms with Gasteiger partial charge in [-0.3, -0.25) is 9.59 Å². The fraction of sp³-hybridized carbons (Fsp3) is 0.300. The zero-order chi connectivity index (χ0) is 18.4. The lowest BCUT2D eigenvalue weighted by Gasteiger charge is -2.15. The van der Waals surface area contributed by atoms with Crippen LogP contribution in [0.1, 0.15) is 41.3 Å². The van der Waals surface area contributed by atoms with E-state index in [1.807, 2.05) is 0 Å². The second kappa shape index (κ2) is 8.29. The molecule has 0 amide bonds. The second-order valence-corrected chi connectivity index (χ2v) is 5.98. The van der Waals surface area contributed by atoms with Crippen LogP contribution in [0.25, 0.3) is 0 Å². The maximum absolute atomic E-state index is 13.7. The van der Waals surface area contributed by atoms with Crippen LogP contribution in [0.2, 0.25) is 0 Å². The second-order valence-electron chi connectivity index (χ2n) is 5.98. The van der Waals surface area contributed by atoms with Gasteiger partial charge in [0.25, 0.3) is 0 Å². The molecule has 0 spiro atoms. The maximum Gasteiger partial charge on any atom is 0.247 e. The Labute approximate surface area is 145 Å². The number of nitrogens with one attached hydrogen (secondary N) is 1. The lowest BCUT2D eigenvalue weighted by molar-refractivity contribution is 0.0959. The number of H-pyrrole nitrogens is 1. The zero-order valence-corrected chi connectivity index (χ0v) is 14.0. The minimum atomic E-state index is -0.523. The fourth-order valence-corrected chi connectivity index (χ4v) is 2.76. The molecular weight excluding hydrogens is 321 g/mol. The van der Waals surface area contributed by atoms with Crippen molar-refractivity contribution < 1.29 is 14.3 Å². The van der Waals surface area contributed by atoms with Gasteiger partial charge < -0.3 is 10.1 Å². The van der Waals surface area contributed by atoms with Crippen molar-refractivity contribution in [2.75, 3.05) is 0 Å². The molecule has 0 saturated heterocycles. The number of hydrogen-bond donors (Lipinski definition) is 2. The number of aryl methyl sites for hydroxylation is 1. The number of carbonyl (C=O) groups is 1. The smallest absolute Gasteiger partial charge is 0.247 e. The van der Waals surface area contributed by atoms with Gasteiger partial charge in [-0.25, -0.2) is 4.39 Å². The highest BCUT2D eigenvalue weighted by atomic mass is 19.1. The molecule has 1 heterocycles. The SMILES string of the molecule is C#CCC(CC(=O)c1cc(CC)c(F)cc1O)Cc1ccc(=O)[nH]c1. The molecule has 1 aromatic heterocycles. The van der Waals surface area contributed by atoms with Crippen molar-refractivity contribution in [2.24, 2.45) is 5.92 Å². The van der Waals surface area contributed by atoms with Gasteiger partial charge in [0.15, 0.2) is 5.78 Å². The van der Waals surface area contributed by atoms with Crippen molar-refractivity contribution >= 4 is 5.78 Å². The van der Waals surface area contributed by atoms with Crippen LogP contribution in [-0.2, 0) is 12.8 Å². The third-order valence-corrected chi connectivity index (χ3v) is 4.10. The van der Waals surface area contributed by atoms with Gasteiger partial charge >= 0.3 is 0 Å². The van der Waals surface area contributed by atoms with Gasteiger partial charge in [-0.15, -0.1) is 12.3 Å². The van der Waals surface area contributed by atoms with Crippen molar-refractivity contribution in [2.45, 2.75) is 32.6 Å². The van der Waals surface area contributed by atoms with E-state index < -0.39 is 5.82 Å². The van der Waals surface area contributed by atoms with E-state index in [1.165, 1.54) is 12.1 Å². The summed E-state index contributed by atoms with van der Waals surface area (Å²) in [7, 11) is 0. The van der Waals surface area contributed by atoms with Crippen LogP contribution >= 0.6 is 0 Å². The molecule has 5 heteroatoms. The number of aromatic hydroxyl groups is 1. The van der Waals surface area contributed by atoms with E-state index in [-0.39, 0.29) is 35.0 Å². The van der Waals surface area contributed by atoms with Gasteiger partial charge in [0, 0.05) is 31.2 Å². The summed E-state index contributed by atoms with van der Waals surface area (Å²) in [5.41, 5.74) is 1.17. The van der Waals surface area contributed by atoms with Crippen LogP contribution in [0.5, 0.6) is 5.75 Å². The monoisotopic (exact) mass is 341 g/mol. The molecule has 2 N–H and O–H groups in total. The maximum atomic E-state index is 13.7. The lowest BCUT2D eigenvalue weighted by atomic mass is 9.89. The quantitative estimate of drug-likeness (QED) is 0.600. The average Bonchev–Trinajstić information content (AvgIpc) is 2.57. The molecule has 1 unspecified atom stereocenters. The summed E-state index contributed by atoms with van der Waals surface area (Å²) in [4.78, 5) is 26.3. The summed E-state index contributed by atoms with van der Waals surface area (Å²) < 4.78 is 13.7. The summed E-state index contributed by atoms with van der Waals surface area (Å²) >= 11 is 0. The Morgan fingerprint density at radius 3 is 2.76 bits per heavy atom. The number of phenolic OH excluding ortho intramolecular Hbond substituents is 1. The standard InChI is InChI=1S/C20H20FNO3/c1-3-5-13(8-14-6-7-20(25)22-12-14)9-18(23)16-10-15(4-2)17(21)11-19(16)24/h1,6-7,10-13,24H,4-5,8-9H2,2H3,(H,22,25). The van der Waals surface area contributed by atoms with Crippen LogP contribution in [-0.4, -0.2) is 15.9 Å². The molecule has 1 atom stereocenters. The Balaban J connectivity index is 2.19. The van der Waals surface area contributed by atoms with Crippen LogP contribution in [0.4, 0.5) is 4.39 Å². The predicted molar refractivity (Wildman–Crippen MR) is 94.1 cm³/mol. The van der Waals surface area contributed by atoms with Gasteiger partial charge in [0.1, 0.15) is 11.6 Å². The Bertz CT molecular complexity index is 844. The predicted octanol–water partition coefficient (Wildman–Crippen LogP) is 3.24. The van der Waals surface area contributed by atoms with Crippen molar-refractivity contribution in [1.29, 1.82) is 0 Å². The molecule has 4 nitrogen and oxygen atoms in total. The summed E-state index contributed by atoms with van der Waals surface area (Å²) in [6.45, 7) is 1.78. The lowest BCUT2D eigenvalue weighted by Crippen LogP contribution is -2.13. The number of benzene rings is 1. The molecule has 0 fully saturated rings. The first-order valence-corrected chi connectivity index (χ1v) is 8.10. The highest BCUT2D eigenvalue weighted by Gasteiger charge is 2.19. The third kappa shape index (κ3) is 4.80. The number of phenols is 1. The molecule has 0 aliphatic rings. The largest absolute Gasteiger partial charge is 0.507 e. The first-order chi connectivity index (χ1) is 11.9. The van der Waals surface area contributed by atoms with Crippen LogP contribution in [0, 0.1) is 24.1 Å². The number of aromatic nitrogens is 1. The van der Waals surface area contributed by atoms with E-state index in [1.54, 1.807) is 19.2 Å². The normalized spacial score (nSPS) is 11.7. The van der Waals surface area contributed by atoms with E-state index in [9.17, 15) is 19.1 Å². The molecular formula is C20H20FNO3. The van der Waals surface area contributed by atoms with Gasteiger partial charge in [-0.2, -0.15) is 0 Å². The number of aromatic amines is 1. The van der Waals surface area contributed by atoms with Crippen molar-refractivity contribution in [3.8, 4) is 18.1 Å². The molecule has 1 aromatic carbocycles. The Morgan fingerprint density at radius 1 is 1.40 bits per heavy atom. The summed E-state index contributed by atoms with van der Waals surface area (Å²) in [5.74, 6) is 1.25. The zero-order valence-electron chi connectivity index (χ0n) is 14.0. The van der Waals surface area contributed by atoms with E-state index in [0.717, 1.165) is 11.6 Å². The molecule has 0 aliphatic heterocycles. The number of rotatable bonds is 7. The first kappa shape index (κ1) is 18.5. The number of pyridine rings is 1. The van der Waals surface area contributed by atoms with Gasteiger partial charge in [0.2, 0.25) is 5.56 Å². The Morgan fingerprint density at radius 2 is 2.16 bits per heavy atom. The first-order valence-electron chi connectivity index (χ1n) is 8.10. The summed E-state index contributed by atoms with van der Waals surface area (Å²) in [6.07, 6.45) is 8.46. The molecule has 2 aromatic rings. The number of ketones is 1. The molecule has 0 bridgehead atoms. The van der Waals surface area contributed by atoms with E-state index >= 15 is 0 Å². The highest BCUT2D eigenvalue weighted by molar-refractivity contribution is 5.98. The number of carbonyl (C=O) groups excluding carboxylic acids is 1. The van der Waals surface area contributed by atoms with Crippen LogP contribution in [0.15, 0.2) is 35.3 Å². The molecule has 2 rings (SSSR count). The Hall–Kier alpha value is -2.87. The molecule has 0 radical (unpaired) electrons. The van der Waals surface area contributed by atoms with Gasteiger partial charge in [0.05, 0.1) is 5.56 Å². The summed E-state index contributed by atoms with van der Waals surface area (Å²) in [6, 6.07) is 5.49. The Kier molecular flexibility index (Phi) is 6.13. The summed E-state index contributed by atoms with van der Waals surface area (Å²) in [5, 5.41) is 9.90. The van der Waals surface area contributed by atoms with Crippen molar-refractivity contribution in [3.05, 3.63) is 63.3 Å².